The molecule has 0 heterocycles. The fourth-order valence-corrected chi connectivity index (χ4v) is 3.17. The zero-order valence-corrected chi connectivity index (χ0v) is 16.9. The molecule has 0 aliphatic rings. The van der Waals surface area contributed by atoms with Crippen molar-refractivity contribution in [3.05, 3.63) is 108 Å². The molecule has 0 radical (unpaired) electrons. The Morgan fingerprint density at radius 3 is 1.72 bits per heavy atom. The average Bonchev–Trinajstić information content (AvgIpc) is 2.78. The van der Waals surface area contributed by atoms with E-state index in [-0.39, 0.29) is 5.78 Å². The maximum absolute atomic E-state index is 11.3. The van der Waals surface area contributed by atoms with Crippen LogP contribution in [0.3, 0.4) is 0 Å². The van der Waals surface area contributed by atoms with Crippen LogP contribution in [0.15, 0.2) is 85.5 Å². The molecule has 29 heavy (non-hydrogen) atoms. The number of rotatable bonds is 7. The Balaban J connectivity index is 1.63. The van der Waals surface area contributed by atoms with Crippen molar-refractivity contribution in [2.75, 3.05) is 0 Å². The monoisotopic (exact) mass is 378 g/mol. The molecule has 0 N–H and O–H groups in total. The summed E-state index contributed by atoms with van der Waals surface area (Å²) < 4.78 is 0. The van der Waals surface area contributed by atoms with Gasteiger partial charge in [0.05, 0.1) is 0 Å². The van der Waals surface area contributed by atoms with E-state index in [0.717, 1.165) is 29.5 Å². The molecule has 0 aliphatic carbocycles. The predicted octanol–water partition coefficient (Wildman–Crippen LogP) is 6.39. The second-order valence-corrected chi connectivity index (χ2v) is 7.14. The van der Waals surface area contributed by atoms with E-state index in [4.69, 9.17) is 0 Å². The molecule has 1 heteroatoms. The third-order valence-corrected chi connectivity index (χ3v) is 4.90. The molecule has 3 aromatic carbocycles. The Hall–Kier alpha value is -3.37. The maximum atomic E-state index is 11.3. The number of aryl methyl sites for hydroxylation is 2. The van der Waals surface area contributed by atoms with E-state index in [1.165, 1.54) is 29.2 Å². The van der Waals surface area contributed by atoms with Gasteiger partial charge in [-0.2, -0.15) is 0 Å². The Morgan fingerprint density at radius 1 is 0.759 bits per heavy atom. The van der Waals surface area contributed by atoms with E-state index in [2.05, 4.69) is 73.9 Å². The molecular weight excluding hydrogens is 352 g/mol. The number of carbonyl (C=O) groups is 1. The van der Waals surface area contributed by atoms with Crippen molar-refractivity contribution >= 4 is 5.78 Å². The van der Waals surface area contributed by atoms with Crippen molar-refractivity contribution in [3.8, 4) is 23.0 Å². The van der Waals surface area contributed by atoms with Gasteiger partial charge in [0.2, 0.25) is 0 Å². The van der Waals surface area contributed by atoms with Gasteiger partial charge in [-0.3, -0.25) is 4.79 Å². The number of carbonyl (C=O) groups excluding carboxylic acids is 1. The summed E-state index contributed by atoms with van der Waals surface area (Å²) in [6, 6.07) is 25.3. The minimum absolute atomic E-state index is 0.0780. The number of ketones is 1. The summed E-state index contributed by atoms with van der Waals surface area (Å²) in [5.74, 6) is 6.52. The highest BCUT2D eigenvalue weighted by molar-refractivity contribution is 5.89. The lowest BCUT2D eigenvalue weighted by molar-refractivity contribution is -0.114. The van der Waals surface area contributed by atoms with Crippen LogP contribution >= 0.6 is 0 Å². The lowest BCUT2D eigenvalue weighted by atomic mass is 10.0. The van der Waals surface area contributed by atoms with E-state index < -0.39 is 0 Å². The van der Waals surface area contributed by atoms with Crippen LogP contribution in [-0.4, -0.2) is 5.78 Å². The minimum Gasteiger partial charge on any atom is -0.295 e. The van der Waals surface area contributed by atoms with Gasteiger partial charge >= 0.3 is 0 Å². The minimum atomic E-state index is 0.0780. The largest absolute Gasteiger partial charge is 0.295 e. The molecule has 0 fully saturated rings. The first-order valence-electron chi connectivity index (χ1n) is 10.1. The van der Waals surface area contributed by atoms with Gasteiger partial charge in [0.25, 0.3) is 0 Å². The van der Waals surface area contributed by atoms with Crippen LogP contribution in [0, 0.1) is 11.8 Å². The number of hydrogen-bond acceptors (Lipinski definition) is 1. The summed E-state index contributed by atoms with van der Waals surface area (Å²) in [5.41, 5.74) is 6.93. The molecule has 3 aromatic rings. The van der Waals surface area contributed by atoms with Gasteiger partial charge in [0.1, 0.15) is 0 Å². The van der Waals surface area contributed by atoms with Crippen LogP contribution in [0.2, 0.25) is 0 Å². The quantitative estimate of drug-likeness (QED) is 0.344. The first-order chi connectivity index (χ1) is 14.2. The summed E-state index contributed by atoms with van der Waals surface area (Å²) in [5, 5.41) is 0. The van der Waals surface area contributed by atoms with Crippen LogP contribution in [0.4, 0.5) is 0 Å². The van der Waals surface area contributed by atoms with Gasteiger partial charge < -0.3 is 0 Å². The summed E-state index contributed by atoms with van der Waals surface area (Å²) in [6.45, 7) is 5.71. The predicted molar refractivity (Wildman–Crippen MR) is 122 cm³/mol. The number of allylic oxidation sites excluding steroid dienone is 1. The van der Waals surface area contributed by atoms with Crippen molar-refractivity contribution in [2.24, 2.45) is 0 Å². The molecule has 0 saturated carbocycles. The topological polar surface area (TPSA) is 17.1 Å². The van der Waals surface area contributed by atoms with Crippen molar-refractivity contribution in [1.29, 1.82) is 0 Å². The fraction of sp³-hybridized carbons (Fsp3) is 0.179. The molecule has 0 atom stereocenters. The second kappa shape index (κ2) is 10.2. The van der Waals surface area contributed by atoms with Crippen molar-refractivity contribution in [2.45, 2.75) is 32.6 Å². The summed E-state index contributed by atoms with van der Waals surface area (Å²) >= 11 is 0. The molecule has 0 aliphatic heterocycles. The van der Waals surface area contributed by atoms with E-state index in [1.54, 1.807) is 0 Å². The lowest BCUT2D eigenvalue weighted by Gasteiger charge is -2.04. The van der Waals surface area contributed by atoms with Crippen molar-refractivity contribution in [3.63, 3.8) is 0 Å². The van der Waals surface area contributed by atoms with Crippen LogP contribution in [0.1, 0.15) is 42.0 Å². The van der Waals surface area contributed by atoms with Crippen LogP contribution < -0.4 is 0 Å². The molecule has 0 unspecified atom stereocenters. The molecule has 0 amide bonds. The zero-order valence-electron chi connectivity index (χ0n) is 16.9. The molecule has 3 rings (SSSR count). The van der Waals surface area contributed by atoms with Gasteiger partial charge in [-0.1, -0.05) is 80.3 Å². The standard InChI is InChI=1S/C28H26O/c1-3-5-22-12-17-26(18-13-22)27-19-14-25(15-20-27)11-8-23-6-9-24(10-7-23)16-21-28(29)4-2/h4,6-7,9-10,12-15,17-20H,2-3,5,16,21H2,1H3. The number of hydrogen-bond donors (Lipinski definition) is 0. The zero-order chi connectivity index (χ0) is 20.5. The molecule has 0 aromatic heterocycles. The second-order valence-electron chi connectivity index (χ2n) is 7.14. The molecule has 1 nitrogen and oxygen atoms in total. The molecule has 144 valence electrons. The summed E-state index contributed by atoms with van der Waals surface area (Å²) in [7, 11) is 0. The van der Waals surface area contributed by atoms with Gasteiger partial charge in [-0.05, 0) is 65.4 Å². The van der Waals surface area contributed by atoms with Gasteiger partial charge in [-0.15, -0.1) is 0 Å². The van der Waals surface area contributed by atoms with Crippen LogP contribution in [0.25, 0.3) is 11.1 Å². The Bertz CT molecular complexity index is 1010. The van der Waals surface area contributed by atoms with Crippen LogP contribution in [0.5, 0.6) is 0 Å². The normalized spacial score (nSPS) is 10.1. The first-order valence-corrected chi connectivity index (χ1v) is 10.1. The first kappa shape index (κ1) is 20.4. The highest BCUT2D eigenvalue weighted by atomic mass is 16.1. The lowest BCUT2D eigenvalue weighted by Crippen LogP contribution is -1.95. The van der Waals surface area contributed by atoms with Crippen LogP contribution in [-0.2, 0) is 17.6 Å². The molecule has 0 saturated heterocycles. The van der Waals surface area contributed by atoms with E-state index in [0.29, 0.717) is 6.42 Å². The van der Waals surface area contributed by atoms with Crippen molar-refractivity contribution in [1.82, 2.24) is 0 Å². The SMILES string of the molecule is C=CC(=O)CCc1ccc(C#Cc2ccc(-c3ccc(CCC)cc3)cc2)cc1. The maximum Gasteiger partial charge on any atom is 0.155 e. The highest BCUT2D eigenvalue weighted by Gasteiger charge is 2.00. The average molecular weight is 379 g/mol. The summed E-state index contributed by atoms with van der Waals surface area (Å²) in [6.07, 6.45) is 4.92. The smallest absolute Gasteiger partial charge is 0.155 e. The molecular formula is C28H26O. The van der Waals surface area contributed by atoms with Gasteiger partial charge in [0.15, 0.2) is 5.78 Å². The van der Waals surface area contributed by atoms with E-state index >= 15 is 0 Å². The fourth-order valence-electron chi connectivity index (χ4n) is 3.17. The van der Waals surface area contributed by atoms with E-state index in [9.17, 15) is 4.79 Å². The third-order valence-electron chi connectivity index (χ3n) is 4.90. The third kappa shape index (κ3) is 6.06. The van der Waals surface area contributed by atoms with Gasteiger partial charge in [0, 0.05) is 17.5 Å². The Kier molecular flexibility index (Phi) is 7.20. The highest BCUT2D eigenvalue weighted by Crippen LogP contribution is 2.20. The molecule has 0 spiro atoms. The Labute approximate surface area is 174 Å². The number of benzene rings is 3. The van der Waals surface area contributed by atoms with Gasteiger partial charge in [-0.25, -0.2) is 0 Å². The van der Waals surface area contributed by atoms with E-state index in [1.807, 2.05) is 24.3 Å². The van der Waals surface area contributed by atoms with Crippen molar-refractivity contribution < 1.29 is 4.79 Å². The molecule has 0 bridgehead atoms. The summed E-state index contributed by atoms with van der Waals surface area (Å²) in [4.78, 5) is 11.3. The Morgan fingerprint density at radius 2 is 1.21 bits per heavy atom.